The first-order chi connectivity index (χ1) is 10.0. The summed E-state index contributed by atoms with van der Waals surface area (Å²) in [6.07, 6.45) is 0. The Kier molecular flexibility index (Phi) is 4.42. The van der Waals surface area contributed by atoms with Crippen LogP contribution in [0.1, 0.15) is 28.7 Å². The van der Waals surface area contributed by atoms with E-state index in [0.29, 0.717) is 17.8 Å². The molecule has 4 N–H and O–H groups in total. The maximum absolute atomic E-state index is 11.4. The molecule has 0 aliphatic heterocycles. The molecule has 1 aromatic heterocycles. The van der Waals surface area contributed by atoms with E-state index < -0.39 is 5.91 Å². The third kappa shape index (κ3) is 3.51. The van der Waals surface area contributed by atoms with Gasteiger partial charge in [0.2, 0.25) is 0 Å². The summed E-state index contributed by atoms with van der Waals surface area (Å²) in [4.78, 5) is 18.0. The first-order valence-corrected chi connectivity index (χ1v) is 6.88. The Morgan fingerprint density at radius 1 is 1.29 bits per heavy atom. The molecule has 0 saturated heterocycles. The van der Waals surface area contributed by atoms with Gasteiger partial charge in [-0.1, -0.05) is 6.07 Å². The molecule has 0 spiro atoms. The van der Waals surface area contributed by atoms with Gasteiger partial charge >= 0.3 is 0 Å². The van der Waals surface area contributed by atoms with Crippen LogP contribution in [0, 0.1) is 6.92 Å². The van der Waals surface area contributed by atoms with Crippen LogP contribution in [0.15, 0.2) is 36.4 Å². The zero-order valence-electron chi connectivity index (χ0n) is 12.3. The number of rotatable bonds is 5. The maximum atomic E-state index is 11.4. The third-order valence-corrected chi connectivity index (χ3v) is 3.35. The molecule has 0 aliphatic rings. The molecule has 0 aliphatic carbocycles. The average Bonchev–Trinajstić information content (AvgIpc) is 2.45. The number of carbonyl (C=O) groups is 1. The number of nitrogen functional groups attached to an aromatic ring is 1. The molecule has 0 radical (unpaired) electrons. The molecular formula is C16H20N4O. The van der Waals surface area contributed by atoms with Crippen LogP contribution in [0.5, 0.6) is 0 Å². The predicted octanol–water partition coefficient (Wildman–Crippen LogP) is 2.10. The second-order valence-electron chi connectivity index (χ2n) is 4.92. The van der Waals surface area contributed by atoms with E-state index in [-0.39, 0.29) is 0 Å². The van der Waals surface area contributed by atoms with Crippen molar-refractivity contribution in [3.05, 3.63) is 53.3 Å². The molecule has 0 bridgehead atoms. The van der Waals surface area contributed by atoms with Crippen molar-refractivity contribution in [1.29, 1.82) is 0 Å². The quantitative estimate of drug-likeness (QED) is 0.823. The molecule has 21 heavy (non-hydrogen) atoms. The van der Waals surface area contributed by atoms with Crippen molar-refractivity contribution < 1.29 is 4.79 Å². The molecular weight excluding hydrogens is 264 g/mol. The molecule has 5 nitrogen and oxygen atoms in total. The largest absolute Gasteiger partial charge is 0.398 e. The van der Waals surface area contributed by atoms with Crippen molar-refractivity contribution in [3.63, 3.8) is 0 Å². The number of hydrogen-bond acceptors (Lipinski definition) is 4. The second-order valence-corrected chi connectivity index (χ2v) is 4.92. The van der Waals surface area contributed by atoms with Crippen molar-refractivity contribution in [2.45, 2.75) is 20.4 Å². The van der Waals surface area contributed by atoms with Gasteiger partial charge in [-0.3, -0.25) is 9.78 Å². The van der Waals surface area contributed by atoms with Crippen molar-refractivity contribution in [2.24, 2.45) is 5.73 Å². The smallest absolute Gasteiger partial charge is 0.250 e. The molecule has 2 rings (SSSR count). The van der Waals surface area contributed by atoms with Crippen LogP contribution < -0.4 is 16.4 Å². The molecule has 110 valence electrons. The highest BCUT2D eigenvalue weighted by atomic mass is 16.1. The summed E-state index contributed by atoms with van der Waals surface area (Å²) in [5.41, 5.74) is 14.7. The van der Waals surface area contributed by atoms with E-state index in [9.17, 15) is 4.79 Å². The first-order valence-electron chi connectivity index (χ1n) is 6.88. The van der Waals surface area contributed by atoms with Crippen molar-refractivity contribution >= 4 is 17.3 Å². The predicted molar refractivity (Wildman–Crippen MR) is 85.1 cm³/mol. The van der Waals surface area contributed by atoms with Crippen LogP contribution in [0.25, 0.3) is 0 Å². The lowest BCUT2D eigenvalue weighted by Crippen LogP contribution is -2.23. The van der Waals surface area contributed by atoms with Crippen LogP contribution in [0.4, 0.5) is 11.4 Å². The lowest BCUT2D eigenvalue weighted by atomic mass is 10.1. The zero-order chi connectivity index (χ0) is 15.4. The number of nitrogens with zero attached hydrogens (tertiary/aromatic N) is 2. The fourth-order valence-electron chi connectivity index (χ4n) is 2.22. The molecule has 1 amide bonds. The highest BCUT2D eigenvalue weighted by molar-refractivity contribution is 5.99. The number of hydrogen-bond donors (Lipinski definition) is 2. The van der Waals surface area contributed by atoms with Gasteiger partial charge < -0.3 is 16.4 Å². The number of carbonyl (C=O) groups excluding carboxylic acids is 1. The zero-order valence-corrected chi connectivity index (χ0v) is 12.3. The summed E-state index contributed by atoms with van der Waals surface area (Å²) in [5, 5.41) is 0. The molecule has 0 atom stereocenters. The van der Waals surface area contributed by atoms with Crippen LogP contribution in [-0.2, 0) is 6.54 Å². The first kappa shape index (κ1) is 14.8. The molecule has 1 heterocycles. The van der Waals surface area contributed by atoms with Gasteiger partial charge in [-0.25, -0.2) is 0 Å². The number of nitrogens with two attached hydrogens (primary N) is 2. The minimum absolute atomic E-state index is 0.350. The Hall–Kier alpha value is -2.56. The highest BCUT2D eigenvalue weighted by Gasteiger charge is 2.11. The number of aryl methyl sites for hydroxylation is 1. The summed E-state index contributed by atoms with van der Waals surface area (Å²) in [6, 6.07) is 11.3. The summed E-state index contributed by atoms with van der Waals surface area (Å²) in [5.74, 6) is -0.515. The summed E-state index contributed by atoms with van der Waals surface area (Å²) in [6.45, 7) is 5.47. The van der Waals surface area contributed by atoms with E-state index in [1.807, 2.05) is 31.2 Å². The Morgan fingerprint density at radius 3 is 2.67 bits per heavy atom. The van der Waals surface area contributed by atoms with Crippen molar-refractivity contribution in [3.8, 4) is 0 Å². The number of amides is 1. The molecule has 1 aromatic carbocycles. The van der Waals surface area contributed by atoms with Gasteiger partial charge in [0.1, 0.15) is 0 Å². The summed E-state index contributed by atoms with van der Waals surface area (Å²) < 4.78 is 0. The van der Waals surface area contributed by atoms with E-state index in [1.165, 1.54) is 0 Å². The minimum Gasteiger partial charge on any atom is -0.398 e. The topological polar surface area (TPSA) is 85.2 Å². The Balaban J connectivity index is 2.29. The van der Waals surface area contributed by atoms with Crippen LogP contribution in [0.3, 0.4) is 0 Å². The average molecular weight is 284 g/mol. The lowest BCUT2D eigenvalue weighted by molar-refractivity contribution is 0.100. The van der Waals surface area contributed by atoms with Gasteiger partial charge in [0, 0.05) is 23.6 Å². The number of primary amides is 1. The van der Waals surface area contributed by atoms with Crippen LogP contribution in [0.2, 0.25) is 0 Å². The molecule has 0 fully saturated rings. The third-order valence-electron chi connectivity index (χ3n) is 3.35. The monoisotopic (exact) mass is 284 g/mol. The summed E-state index contributed by atoms with van der Waals surface area (Å²) in [7, 11) is 0. The Morgan fingerprint density at radius 2 is 2.05 bits per heavy atom. The van der Waals surface area contributed by atoms with Crippen LogP contribution >= 0.6 is 0 Å². The van der Waals surface area contributed by atoms with Gasteiger partial charge in [-0.2, -0.15) is 0 Å². The van der Waals surface area contributed by atoms with Gasteiger partial charge in [0.05, 0.1) is 17.8 Å². The molecule has 5 heteroatoms. The normalized spacial score (nSPS) is 10.4. The van der Waals surface area contributed by atoms with Crippen molar-refractivity contribution in [2.75, 3.05) is 17.2 Å². The standard InChI is InChI=1S/C16H20N4O/c1-3-20(10-12-6-4-5-11(2)19-12)13-7-8-15(17)14(9-13)16(18)21/h4-9H,3,10,17H2,1-2H3,(H2,18,21). The van der Waals surface area contributed by atoms with E-state index >= 15 is 0 Å². The Labute approximate surface area is 124 Å². The maximum Gasteiger partial charge on any atom is 0.250 e. The van der Waals surface area contributed by atoms with E-state index in [1.54, 1.807) is 12.1 Å². The number of anilines is 2. The Bertz CT molecular complexity index is 654. The van der Waals surface area contributed by atoms with Gasteiger partial charge in [-0.15, -0.1) is 0 Å². The van der Waals surface area contributed by atoms with Gasteiger partial charge in [0.25, 0.3) is 5.91 Å². The van der Waals surface area contributed by atoms with E-state index in [0.717, 1.165) is 23.6 Å². The van der Waals surface area contributed by atoms with Crippen molar-refractivity contribution in [1.82, 2.24) is 4.98 Å². The molecule has 0 unspecified atom stereocenters. The summed E-state index contributed by atoms with van der Waals surface area (Å²) >= 11 is 0. The second kappa shape index (κ2) is 6.26. The molecule has 2 aromatic rings. The number of benzene rings is 1. The van der Waals surface area contributed by atoms with E-state index in [4.69, 9.17) is 11.5 Å². The molecule has 0 saturated carbocycles. The van der Waals surface area contributed by atoms with Crippen LogP contribution in [-0.4, -0.2) is 17.4 Å². The van der Waals surface area contributed by atoms with Gasteiger partial charge in [0.15, 0.2) is 0 Å². The highest BCUT2D eigenvalue weighted by Crippen LogP contribution is 2.22. The fourth-order valence-corrected chi connectivity index (χ4v) is 2.22. The van der Waals surface area contributed by atoms with Gasteiger partial charge in [-0.05, 0) is 44.2 Å². The fraction of sp³-hybridized carbons (Fsp3) is 0.250. The van der Waals surface area contributed by atoms with E-state index in [2.05, 4.69) is 16.8 Å². The number of pyridine rings is 1. The number of aromatic nitrogens is 1. The minimum atomic E-state index is -0.515. The SMILES string of the molecule is CCN(Cc1cccc(C)n1)c1ccc(N)c(C(N)=O)c1. The lowest BCUT2D eigenvalue weighted by Gasteiger charge is -2.23.